The highest BCUT2D eigenvalue weighted by Crippen LogP contribution is 2.32. The molecule has 0 aromatic heterocycles. The van der Waals surface area contributed by atoms with Crippen molar-refractivity contribution >= 4 is 5.70 Å². The summed E-state index contributed by atoms with van der Waals surface area (Å²) < 4.78 is 63.1. The molecule has 0 unspecified atom stereocenters. The quantitative estimate of drug-likeness (QED) is 0.461. The lowest BCUT2D eigenvalue weighted by Gasteiger charge is -2.30. The molecule has 1 fully saturated rings. The zero-order valence-electron chi connectivity index (χ0n) is 18.9. The highest BCUT2D eigenvalue weighted by atomic mass is 19.4. The molecule has 33 heavy (non-hydrogen) atoms. The molecule has 180 valence electrons. The second-order valence-electron chi connectivity index (χ2n) is 8.36. The van der Waals surface area contributed by atoms with Crippen LogP contribution in [0.1, 0.15) is 42.4 Å². The highest BCUT2D eigenvalue weighted by Gasteiger charge is 2.31. The Morgan fingerprint density at radius 2 is 1.76 bits per heavy atom. The Balaban J connectivity index is 1.46. The zero-order valence-corrected chi connectivity index (χ0v) is 18.9. The molecule has 0 aliphatic heterocycles. The molecule has 4 nitrogen and oxygen atoms in total. The molecule has 0 radical (unpaired) electrons. The molecular weight excluding hydrogens is 436 g/mol. The summed E-state index contributed by atoms with van der Waals surface area (Å²) in [4.78, 5) is 0. The lowest BCUT2D eigenvalue weighted by Crippen LogP contribution is -2.35. The zero-order chi connectivity index (χ0) is 24.0. The molecule has 1 aliphatic carbocycles. The van der Waals surface area contributed by atoms with E-state index in [4.69, 9.17) is 9.47 Å². The number of nitrogens with one attached hydrogen (secondary N) is 2. The molecule has 1 saturated carbocycles. The van der Waals surface area contributed by atoms with Crippen molar-refractivity contribution in [2.45, 2.75) is 44.4 Å². The fourth-order valence-corrected chi connectivity index (χ4v) is 4.12. The predicted octanol–water partition coefficient (Wildman–Crippen LogP) is 5.77. The molecular formula is C25H30F4N2O2. The van der Waals surface area contributed by atoms with Crippen LogP contribution in [0.3, 0.4) is 0 Å². The third-order valence-corrected chi connectivity index (χ3v) is 6.10. The maximum Gasteiger partial charge on any atom is 0.416 e. The molecule has 0 spiro atoms. The van der Waals surface area contributed by atoms with E-state index in [2.05, 4.69) is 17.2 Å². The highest BCUT2D eigenvalue weighted by molar-refractivity contribution is 5.62. The second-order valence-corrected chi connectivity index (χ2v) is 8.36. The van der Waals surface area contributed by atoms with E-state index in [1.54, 1.807) is 14.2 Å². The van der Waals surface area contributed by atoms with Crippen molar-refractivity contribution in [2.75, 3.05) is 20.8 Å². The van der Waals surface area contributed by atoms with E-state index in [0.717, 1.165) is 54.9 Å². The summed E-state index contributed by atoms with van der Waals surface area (Å²) in [6.45, 7) is 5.09. The summed E-state index contributed by atoms with van der Waals surface area (Å²) in [5.74, 6) is 0.983. The Hall–Kier alpha value is -2.74. The van der Waals surface area contributed by atoms with E-state index >= 15 is 0 Å². The summed E-state index contributed by atoms with van der Waals surface area (Å²) in [6, 6.07) is 8.63. The van der Waals surface area contributed by atoms with Crippen molar-refractivity contribution < 1.29 is 27.0 Å². The van der Waals surface area contributed by atoms with E-state index < -0.39 is 17.6 Å². The van der Waals surface area contributed by atoms with E-state index in [-0.39, 0.29) is 5.56 Å². The van der Waals surface area contributed by atoms with Crippen molar-refractivity contribution in [3.05, 3.63) is 65.5 Å². The summed E-state index contributed by atoms with van der Waals surface area (Å²) in [5, 5.41) is 6.68. The Morgan fingerprint density at radius 3 is 2.39 bits per heavy atom. The minimum atomic E-state index is -4.60. The smallest absolute Gasteiger partial charge is 0.416 e. The van der Waals surface area contributed by atoms with Gasteiger partial charge in [-0.1, -0.05) is 12.6 Å². The van der Waals surface area contributed by atoms with E-state index in [9.17, 15) is 17.6 Å². The molecule has 2 aromatic rings. The van der Waals surface area contributed by atoms with Crippen LogP contribution in [0.2, 0.25) is 0 Å². The fourth-order valence-electron chi connectivity index (χ4n) is 4.12. The first-order valence-corrected chi connectivity index (χ1v) is 10.9. The van der Waals surface area contributed by atoms with Crippen LogP contribution < -0.4 is 20.1 Å². The molecule has 0 atom stereocenters. The lowest BCUT2D eigenvalue weighted by atomic mass is 9.85. The summed E-state index contributed by atoms with van der Waals surface area (Å²) in [7, 11) is 3.26. The van der Waals surface area contributed by atoms with Gasteiger partial charge in [-0.15, -0.1) is 0 Å². The number of rotatable bonds is 9. The van der Waals surface area contributed by atoms with Gasteiger partial charge in [-0.25, -0.2) is 4.39 Å². The van der Waals surface area contributed by atoms with Crippen LogP contribution in [0.4, 0.5) is 17.6 Å². The molecule has 0 heterocycles. The summed E-state index contributed by atoms with van der Waals surface area (Å²) >= 11 is 0. The van der Waals surface area contributed by atoms with Gasteiger partial charge >= 0.3 is 6.18 Å². The second kappa shape index (κ2) is 10.9. The van der Waals surface area contributed by atoms with Crippen LogP contribution >= 0.6 is 0 Å². The van der Waals surface area contributed by atoms with Gasteiger partial charge in [0.05, 0.1) is 19.8 Å². The standard InChI is InChI=1S/C25H30F4N2O2/c1-16(19-10-20(25(27,28)29)12-21(26)11-19)30-14-17-4-7-22(8-5-17)31-15-18-6-9-23(32-2)13-24(18)33-3/h6,9-13,17,22,30-31H,1,4-5,7-8,14-15H2,2-3H3/t17-,22+. The number of methoxy groups -OCH3 is 2. The third kappa shape index (κ3) is 6.87. The minimum absolute atomic E-state index is 0.117. The first-order chi connectivity index (χ1) is 15.7. The number of benzene rings is 2. The van der Waals surface area contributed by atoms with Crippen LogP contribution in [0.15, 0.2) is 43.0 Å². The normalized spacial score (nSPS) is 18.6. The maximum absolute atomic E-state index is 13.6. The van der Waals surface area contributed by atoms with Gasteiger partial charge < -0.3 is 20.1 Å². The van der Waals surface area contributed by atoms with Crippen LogP contribution in [0, 0.1) is 11.7 Å². The molecule has 2 N–H and O–H groups in total. The van der Waals surface area contributed by atoms with Crippen LogP contribution in [-0.4, -0.2) is 26.8 Å². The molecule has 0 amide bonds. The molecule has 3 rings (SSSR count). The largest absolute Gasteiger partial charge is 0.497 e. The first-order valence-electron chi connectivity index (χ1n) is 10.9. The van der Waals surface area contributed by atoms with Gasteiger partial charge in [0, 0.05) is 42.0 Å². The Morgan fingerprint density at radius 1 is 1.03 bits per heavy atom. The summed E-state index contributed by atoms with van der Waals surface area (Å²) in [5.41, 5.74) is 0.463. The molecule has 1 aliphatic rings. The predicted molar refractivity (Wildman–Crippen MR) is 121 cm³/mol. The molecule has 0 bridgehead atoms. The average Bonchev–Trinajstić information content (AvgIpc) is 2.80. The Bertz CT molecular complexity index is 954. The van der Waals surface area contributed by atoms with Gasteiger partial charge in [-0.3, -0.25) is 0 Å². The van der Waals surface area contributed by atoms with Crippen molar-refractivity contribution in [1.82, 2.24) is 10.6 Å². The number of hydrogen-bond acceptors (Lipinski definition) is 4. The molecule has 2 aromatic carbocycles. The first kappa shape index (κ1) is 24.9. The van der Waals surface area contributed by atoms with Gasteiger partial charge in [-0.2, -0.15) is 13.2 Å². The van der Waals surface area contributed by atoms with Crippen LogP contribution in [0.25, 0.3) is 5.70 Å². The van der Waals surface area contributed by atoms with E-state index in [1.165, 1.54) is 0 Å². The lowest BCUT2D eigenvalue weighted by molar-refractivity contribution is -0.137. The Labute approximate surface area is 192 Å². The van der Waals surface area contributed by atoms with Gasteiger partial charge in [0.2, 0.25) is 0 Å². The topological polar surface area (TPSA) is 42.5 Å². The van der Waals surface area contributed by atoms with E-state index in [1.807, 2.05) is 18.2 Å². The van der Waals surface area contributed by atoms with Crippen molar-refractivity contribution in [3.63, 3.8) is 0 Å². The molecule has 0 saturated heterocycles. The summed E-state index contributed by atoms with van der Waals surface area (Å²) in [6.07, 6.45) is -0.646. The number of hydrogen-bond donors (Lipinski definition) is 2. The van der Waals surface area contributed by atoms with Gasteiger partial charge in [0.25, 0.3) is 0 Å². The number of halogens is 4. The minimum Gasteiger partial charge on any atom is -0.497 e. The van der Waals surface area contributed by atoms with Crippen molar-refractivity contribution in [2.24, 2.45) is 5.92 Å². The SMILES string of the molecule is C=C(NC[C@H]1CC[C@@H](NCc2ccc(OC)cc2OC)CC1)c1cc(F)cc(C(F)(F)F)c1. The number of ether oxygens (including phenoxy) is 2. The van der Waals surface area contributed by atoms with Crippen molar-refractivity contribution in [1.29, 1.82) is 0 Å². The monoisotopic (exact) mass is 466 g/mol. The van der Waals surface area contributed by atoms with Crippen LogP contribution in [-0.2, 0) is 12.7 Å². The average molecular weight is 467 g/mol. The van der Waals surface area contributed by atoms with E-state index in [0.29, 0.717) is 36.8 Å². The Kier molecular flexibility index (Phi) is 8.24. The van der Waals surface area contributed by atoms with Crippen LogP contribution in [0.5, 0.6) is 11.5 Å². The maximum atomic E-state index is 13.6. The van der Waals surface area contributed by atoms with Gasteiger partial charge in [-0.05, 0) is 55.9 Å². The van der Waals surface area contributed by atoms with Gasteiger partial charge in [0.15, 0.2) is 0 Å². The van der Waals surface area contributed by atoms with Gasteiger partial charge in [0.1, 0.15) is 17.3 Å². The van der Waals surface area contributed by atoms with Crippen molar-refractivity contribution in [3.8, 4) is 11.5 Å². The number of alkyl halides is 3. The fraction of sp³-hybridized carbons (Fsp3) is 0.440. The molecule has 8 heteroatoms. The third-order valence-electron chi connectivity index (χ3n) is 6.10.